The van der Waals surface area contributed by atoms with Crippen molar-refractivity contribution in [2.24, 2.45) is 0 Å². The van der Waals surface area contributed by atoms with Crippen LogP contribution in [-0.4, -0.2) is 0 Å². The summed E-state index contributed by atoms with van der Waals surface area (Å²) in [7, 11) is 0. The molecular weight excluding hydrogens is 132 g/mol. The molecule has 1 rings (SSSR count). The van der Waals surface area contributed by atoms with Crippen LogP contribution in [0, 0.1) is 0 Å². The Hall–Kier alpha value is -1.04. The Bertz CT molecular complexity index is 106. The van der Waals surface area contributed by atoms with E-state index in [1.807, 2.05) is 6.92 Å². The highest BCUT2D eigenvalue weighted by atomic mass is 13.8. The second kappa shape index (κ2) is 16.0. The van der Waals surface area contributed by atoms with Gasteiger partial charge < -0.3 is 0 Å². The Morgan fingerprint density at radius 1 is 1.09 bits per heavy atom. The zero-order chi connectivity index (χ0) is 8.95. The quantitative estimate of drug-likeness (QED) is 0.460. The standard InChI is InChI=1S/C6H8.C3H6.C2H4/c1-2-4-6-5-3-1;1-3-2;1-2/h1-4H,5-6H2;3H,1H2,2H3;1-2H2. The van der Waals surface area contributed by atoms with Crippen LogP contribution >= 0.6 is 0 Å². The Balaban J connectivity index is 0. The minimum absolute atomic E-state index is 1.23. The van der Waals surface area contributed by atoms with Crippen LogP contribution < -0.4 is 0 Å². The maximum atomic E-state index is 3.36. The first-order valence-corrected chi connectivity index (χ1v) is 3.80. The number of rotatable bonds is 0. The molecule has 1 aliphatic rings. The summed E-state index contributed by atoms with van der Waals surface area (Å²) < 4.78 is 0. The molecule has 0 N–H and O–H groups in total. The van der Waals surface area contributed by atoms with Crippen LogP contribution in [0.3, 0.4) is 0 Å². The zero-order valence-corrected chi connectivity index (χ0v) is 7.42. The van der Waals surface area contributed by atoms with Crippen molar-refractivity contribution in [2.45, 2.75) is 19.8 Å². The van der Waals surface area contributed by atoms with E-state index in [-0.39, 0.29) is 0 Å². The lowest BCUT2D eigenvalue weighted by molar-refractivity contribution is 1.04. The summed E-state index contributed by atoms with van der Waals surface area (Å²) in [5, 5.41) is 0. The zero-order valence-electron chi connectivity index (χ0n) is 7.42. The van der Waals surface area contributed by atoms with Crippen molar-refractivity contribution < 1.29 is 0 Å². The number of hydrogen-bond donors (Lipinski definition) is 0. The monoisotopic (exact) mass is 150 g/mol. The van der Waals surface area contributed by atoms with Gasteiger partial charge in [-0.3, -0.25) is 0 Å². The average molecular weight is 150 g/mol. The summed E-state index contributed by atoms with van der Waals surface area (Å²) in [6.07, 6.45) is 12.8. The SMILES string of the molecule is C1=CCCC=C1.C=C.C=CC. The van der Waals surface area contributed by atoms with Gasteiger partial charge in [-0.1, -0.05) is 30.4 Å². The van der Waals surface area contributed by atoms with Crippen LogP contribution in [0.2, 0.25) is 0 Å². The molecule has 1 aliphatic carbocycles. The lowest BCUT2D eigenvalue weighted by Crippen LogP contribution is -1.67. The van der Waals surface area contributed by atoms with Gasteiger partial charge in [-0.25, -0.2) is 0 Å². The van der Waals surface area contributed by atoms with Crippen LogP contribution in [0.1, 0.15) is 19.8 Å². The van der Waals surface area contributed by atoms with E-state index < -0.39 is 0 Å². The molecule has 0 saturated carbocycles. The second-order valence-electron chi connectivity index (χ2n) is 1.84. The summed E-state index contributed by atoms with van der Waals surface area (Å²) >= 11 is 0. The Morgan fingerprint density at radius 3 is 1.45 bits per heavy atom. The molecule has 0 aromatic rings. The molecule has 0 saturated heterocycles. The van der Waals surface area contributed by atoms with E-state index in [2.05, 4.69) is 44.0 Å². The smallest absolute Gasteiger partial charge is 0.0313 e. The van der Waals surface area contributed by atoms with Crippen molar-refractivity contribution in [3.63, 3.8) is 0 Å². The van der Waals surface area contributed by atoms with Gasteiger partial charge in [0.2, 0.25) is 0 Å². The van der Waals surface area contributed by atoms with E-state index in [0.717, 1.165) is 0 Å². The molecule has 0 amide bonds. The first-order valence-electron chi connectivity index (χ1n) is 3.80. The summed E-state index contributed by atoms with van der Waals surface area (Å²) in [5.41, 5.74) is 0. The van der Waals surface area contributed by atoms with Gasteiger partial charge in [-0.05, 0) is 19.8 Å². The van der Waals surface area contributed by atoms with E-state index in [4.69, 9.17) is 0 Å². The van der Waals surface area contributed by atoms with Gasteiger partial charge in [0.15, 0.2) is 0 Å². The highest BCUT2D eigenvalue weighted by molar-refractivity contribution is 5.07. The molecule has 0 aromatic carbocycles. The lowest BCUT2D eigenvalue weighted by Gasteiger charge is -1.88. The van der Waals surface area contributed by atoms with Crippen molar-refractivity contribution in [1.82, 2.24) is 0 Å². The Morgan fingerprint density at radius 2 is 1.36 bits per heavy atom. The Labute approximate surface area is 70.6 Å². The molecule has 0 unspecified atom stereocenters. The number of allylic oxidation sites excluding steroid dienone is 5. The van der Waals surface area contributed by atoms with Crippen molar-refractivity contribution in [2.75, 3.05) is 0 Å². The third-order valence-electron chi connectivity index (χ3n) is 0.883. The molecule has 0 atom stereocenters. The van der Waals surface area contributed by atoms with E-state index in [1.54, 1.807) is 6.08 Å². The molecule has 0 aliphatic heterocycles. The summed E-state index contributed by atoms with van der Waals surface area (Å²) in [6.45, 7) is 11.2. The molecule has 0 aromatic heterocycles. The van der Waals surface area contributed by atoms with Crippen molar-refractivity contribution in [3.8, 4) is 0 Å². The van der Waals surface area contributed by atoms with Crippen LogP contribution in [0.15, 0.2) is 50.1 Å². The molecular formula is C11H18. The molecule has 0 bridgehead atoms. The first kappa shape index (κ1) is 12.6. The normalized spacial score (nSPS) is 11.7. The van der Waals surface area contributed by atoms with Crippen LogP contribution in [0.25, 0.3) is 0 Å². The molecule has 0 nitrogen and oxygen atoms in total. The van der Waals surface area contributed by atoms with Crippen LogP contribution in [-0.2, 0) is 0 Å². The predicted octanol–water partition coefficient (Wildman–Crippen LogP) is 3.89. The lowest BCUT2D eigenvalue weighted by atomic mass is 10.2. The summed E-state index contributed by atoms with van der Waals surface area (Å²) in [6, 6.07) is 0. The molecule has 0 heteroatoms. The molecule has 62 valence electrons. The van der Waals surface area contributed by atoms with Crippen LogP contribution in [0.5, 0.6) is 0 Å². The van der Waals surface area contributed by atoms with E-state index >= 15 is 0 Å². The fourth-order valence-corrected chi connectivity index (χ4v) is 0.542. The molecule has 0 radical (unpaired) electrons. The first-order chi connectivity index (χ1) is 5.41. The Kier molecular flexibility index (Phi) is 18.3. The average Bonchev–Trinajstić information content (AvgIpc) is 2.12. The largest absolute Gasteiger partial charge is 0.106 e. The van der Waals surface area contributed by atoms with Gasteiger partial charge >= 0.3 is 0 Å². The summed E-state index contributed by atoms with van der Waals surface area (Å²) in [4.78, 5) is 0. The van der Waals surface area contributed by atoms with Crippen molar-refractivity contribution in [1.29, 1.82) is 0 Å². The summed E-state index contributed by atoms with van der Waals surface area (Å²) in [5.74, 6) is 0. The second-order valence-corrected chi connectivity index (χ2v) is 1.84. The molecule has 0 fully saturated rings. The van der Waals surface area contributed by atoms with Gasteiger partial charge in [0.05, 0.1) is 0 Å². The maximum Gasteiger partial charge on any atom is -0.0313 e. The minimum Gasteiger partial charge on any atom is -0.106 e. The van der Waals surface area contributed by atoms with Gasteiger partial charge in [0.25, 0.3) is 0 Å². The van der Waals surface area contributed by atoms with E-state index in [1.165, 1.54) is 12.8 Å². The topological polar surface area (TPSA) is 0 Å². The third kappa shape index (κ3) is 17.6. The van der Waals surface area contributed by atoms with Gasteiger partial charge in [-0.2, -0.15) is 0 Å². The predicted molar refractivity (Wildman–Crippen MR) is 54.6 cm³/mol. The fourth-order valence-electron chi connectivity index (χ4n) is 0.542. The van der Waals surface area contributed by atoms with E-state index in [9.17, 15) is 0 Å². The minimum atomic E-state index is 1.23. The van der Waals surface area contributed by atoms with Crippen molar-refractivity contribution >= 4 is 0 Å². The maximum absolute atomic E-state index is 3.36. The third-order valence-corrected chi connectivity index (χ3v) is 0.883. The molecule has 0 heterocycles. The number of hydrogen-bond acceptors (Lipinski definition) is 0. The van der Waals surface area contributed by atoms with Gasteiger partial charge in [-0.15, -0.1) is 19.7 Å². The van der Waals surface area contributed by atoms with Gasteiger partial charge in [0, 0.05) is 0 Å². The van der Waals surface area contributed by atoms with Crippen LogP contribution in [0.4, 0.5) is 0 Å². The highest BCUT2D eigenvalue weighted by Crippen LogP contribution is 1.98. The molecule has 11 heavy (non-hydrogen) atoms. The van der Waals surface area contributed by atoms with E-state index in [0.29, 0.717) is 0 Å². The highest BCUT2D eigenvalue weighted by Gasteiger charge is 1.77. The molecule has 0 spiro atoms. The fraction of sp³-hybridized carbons (Fsp3) is 0.273. The van der Waals surface area contributed by atoms with Crippen molar-refractivity contribution in [3.05, 3.63) is 50.1 Å². The van der Waals surface area contributed by atoms with Gasteiger partial charge in [0.1, 0.15) is 0 Å².